The van der Waals surface area contributed by atoms with Gasteiger partial charge >= 0.3 is 5.97 Å². The predicted octanol–water partition coefficient (Wildman–Crippen LogP) is 3.19. The molecule has 0 fully saturated rings. The maximum atomic E-state index is 11.5. The second kappa shape index (κ2) is 6.34. The van der Waals surface area contributed by atoms with Gasteiger partial charge in [-0.1, -0.05) is 28.1 Å². The largest absolute Gasteiger partial charge is 0.459 e. The number of esters is 1. The van der Waals surface area contributed by atoms with E-state index in [1.54, 1.807) is 0 Å². The first-order valence-electron chi connectivity index (χ1n) is 5.95. The van der Waals surface area contributed by atoms with Gasteiger partial charge < -0.3 is 10.1 Å². The number of halogens is 1. The zero-order valence-corrected chi connectivity index (χ0v) is 12.9. The number of hydrogen-bond donors (Lipinski definition) is 1. The van der Waals surface area contributed by atoms with Crippen LogP contribution in [0.4, 0.5) is 0 Å². The molecule has 1 aromatic carbocycles. The molecule has 18 heavy (non-hydrogen) atoms. The van der Waals surface area contributed by atoms with E-state index >= 15 is 0 Å². The average molecular weight is 314 g/mol. The minimum absolute atomic E-state index is 0.225. The summed E-state index contributed by atoms with van der Waals surface area (Å²) in [5.74, 6) is -0.228. The number of ether oxygens (including phenoxy) is 1. The summed E-state index contributed by atoms with van der Waals surface area (Å²) in [5.41, 5.74) is 1.91. The molecule has 3 nitrogen and oxygen atoms in total. The Morgan fingerprint density at radius 3 is 2.61 bits per heavy atom. The lowest BCUT2D eigenvalue weighted by atomic mass is 10.1. The lowest BCUT2D eigenvalue weighted by Crippen LogP contribution is -2.31. The molecule has 0 aliphatic rings. The summed E-state index contributed by atoms with van der Waals surface area (Å²) in [7, 11) is 0. The maximum Gasteiger partial charge on any atom is 0.320 e. The Morgan fingerprint density at radius 2 is 2.06 bits per heavy atom. The minimum atomic E-state index is -0.425. The minimum Gasteiger partial charge on any atom is -0.459 e. The van der Waals surface area contributed by atoms with Crippen LogP contribution in [0, 0.1) is 6.92 Å². The Hall–Kier alpha value is -0.870. The van der Waals surface area contributed by atoms with Gasteiger partial charge in [0.1, 0.15) is 5.60 Å². The summed E-state index contributed by atoms with van der Waals surface area (Å²) < 4.78 is 6.29. The van der Waals surface area contributed by atoms with Crippen LogP contribution in [-0.4, -0.2) is 18.1 Å². The number of carbonyl (C=O) groups is 1. The summed E-state index contributed by atoms with van der Waals surface area (Å²) in [6.07, 6.45) is 0. The Balaban J connectivity index is 2.38. The molecule has 0 aliphatic carbocycles. The maximum absolute atomic E-state index is 11.5. The van der Waals surface area contributed by atoms with Crippen LogP contribution in [0.3, 0.4) is 0 Å². The van der Waals surface area contributed by atoms with Crippen molar-refractivity contribution in [2.75, 3.05) is 6.54 Å². The van der Waals surface area contributed by atoms with Gasteiger partial charge in [0.15, 0.2) is 0 Å². The first kappa shape index (κ1) is 15.2. The molecular weight excluding hydrogens is 294 g/mol. The quantitative estimate of drug-likeness (QED) is 0.868. The summed E-state index contributed by atoms with van der Waals surface area (Å²) >= 11 is 3.49. The molecular formula is C14H20BrNO2. The van der Waals surface area contributed by atoms with Gasteiger partial charge in [0.05, 0.1) is 6.54 Å². The van der Waals surface area contributed by atoms with Crippen molar-refractivity contribution in [3.63, 3.8) is 0 Å². The van der Waals surface area contributed by atoms with Gasteiger partial charge in [-0.05, 0) is 44.9 Å². The third kappa shape index (κ3) is 5.65. The first-order chi connectivity index (χ1) is 8.28. The van der Waals surface area contributed by atoms with Gasteiger partial charge in [0, 0.05) is 11.0 Å². The van der Waals surface area contributed by atoms with Gasteiger partial charge in [-0.25, -0.2) is 0 Å². The van der Waals surface area contributed by atoms with Crippen molar-refractivity contribution in [3.05, 3.63) is 33.8 Å². The monoisotopic (exact) mass is 313 g/mol. The fraction of sp³-hybridized carbons (Fsp3) is 0.500. The van der Waals surface area contributed by atoms with Gasteiger partial charge in [0.25, 0.3) is 0 Å². The highest BCUT2D eigenvalue weighted by molar-refractivity contribution is 9.10. The summed E-state index contributed by atoms with van der Waals surface area (Å²) in [6.45, 7) is 8.51. The number of aryl methyl sites for hydroxylation is 1. The van der Waals surface area contributed by atoms with Gasteiger partial charge in [0.2, 0.25) is 0 Å². The Labute approximate surface area is 117 Å². The lowest BCUT2D eigenvalue weighted by molar-refractivity contribution is -0.153. The molecule has 0 amide bonds. The number of nitrogens with one attached hydrogen (secondary N) is 1. The van der Waals surface area contributed by atoms with E-state index in [2.05, 4.69) is 33.4 Å². The molecule has 0 saturated carbocycles. The van der Waals surface area contributed by atoms with Crippen molar-refractivity contribution in [2.45, 2.75) is 39.8 Å². The van der Waals surface area contributed by atoms with Crippen molar-refractivity contribution < 1.29 is 9.53 Å². The molecule has 0 bridgehead atoms. The van der Waals surface area contributed by atoms with E-state index in [0.29, 0.717) is 6.54 Å². The third-order valence-electron chi connectivity index (χ3n) is 2.25. The highest BCUT2D eigenvalue weighted by Crippen LogP contribution is 2.17. The molecule has 0 saturated heterocycles. The summed E-state index contributed by atoms with van der Waals surface area (Å²) in [6, 6.07) is 6.15. The normalized spacial score (nSPS) is 11.4. The molecule has 0 atom stereocenters. The van der Waals surface area contributed by atoms with Crippen LogP contribution in [0.5, 0.6) is 0 Å². The second-order valence-electron chi connectivity index (χ2n) is 5.27. The number of rotatable bonds is 4. The van der Waals surface area contributed by atoms with Crippen molar-refractivity contribution >= 4 is 21.9 Å². The molecule has 0 heterocycles. The number of carbonyl (C=O) groups excluding carboxylic acids is 1. The number of hydrogen-bond acceptors (Lipinski definition) is 3. The standard InChI is InChI=1S/C14H20BrNO2/c1-10-5-6-11(7-12(10)15)8-16-9-13(17)18-14(2,3)4/h5-7,16H,8-9H2,1-4H3. The molecule has 0 aliphatic heterocycles. The molecule has 1 N–H and O–H groups in total. The van der Waals surface area contributed by atoms with Crippen molar-refractivity contribution in [3.8, 4) is 0 Å². The van der Waals surface area contributed by atoms with Crippen molar-refractivity contribution in [1.82, 2.24) is 5.32 Å². The molecule has 0 aromatic heterocycles. The van der Waals surface area contributed by atoms with Gasteiger partial charge in [-0.15, -0.1) is 0 Å². The molecule has 0 radical (unpaired) electrons. The number of benzene rings is 1. The molecule has 1 aromatic rings. The van der Waals surface area contributed by atoms with E-state index in [9.17, 15) is 4.79 Å². The fourth-order valence-electron chi connectivity index (χ4n) is 1.43. The topological polar surface area (TPSA) is 38.3 Å². The van der Waals surface area contributed by atoms with E-state index < -0.39 is 5.60 Å². The van der Waals surface area contributed by atoms with Gasteiger partial charge in [-0.3, -0.25) is 4.79 Å². The van der Waals surface area contributed by atoms with Crippen LogP contribution < -0.4 is 5.32 Å². The van der Waals surface area contributed by atoms with Crippen LogP contribution in [0.2, 0.25) is 0 Å². The van der Waals surface area contributed by atoms with Crippen molar-refractivity contribution in [1.29, 1.82) is 0 Å². The van der Waals surface area contributed by atoms with E-state index in [0.717, 1.165) is 10.0 Å². The Bertz CT molecular complexity index is 424. The highest BCUT2D eigenvalue weighted by atomic mass is 79.9. The Kier molecular flexibility index (Phi) is 5.35. The fourth-order valence-corrected chi connectivity index (χ4v) is 1.86. The zero-order chi connectivity index (χ0) is 13.8. The van der Waals surface area contributed by atoms with E-state index in [1.165, 1.54) is 5.56 Å². The van der Waals surface area contributed by atoms with Crippen LogP contribution >= 0.6 is 15.9 Å². The van der Waals surface area contributed by atoms with E-state index in [1.807, 2.05) is 33.8 Å². The summed E-state index contributed by atoms with van der Waals surface area (Å²) in [5, 5.41) is 3.08. The van der Waals surface area contributed by atoms with Gasteiger partial charge in [-0.2, -0.15) is 0 Å². The van der Waals surface area contributed by atoms with E-state index in [4.69, 9.17) is 4.74 Å². The van der Waals surface area contributed by atoms with Crippen molar-refractivity contribution in [2.24, 2.45) is 0 Å². The molecule has 0 unspecified atom stereocenters. The van der Waals surface area contributed by atoms with Crippen LogP contribution in [0.15, 0.2) is 22.7 Å². The molecule has 100 valence electrons. The molecule has 0 spiro atoms. The van der Waals surface area contributed by atoms with Crippen LogP contribution in [0.1, 0.15) is 31.9 Å². The third-order valence-corrected chi connectivity index (χ3v) is 3.11. The zero-order valence-electron chi connectivity index (χ0n) is 11.3. The first-order valence-corrected chi connectivity index (χ1v) is 6.75. The second-order valence-corrected chi connectivity index (χ2v) is 6.13. The summed E-state index contributed by atoms with van der Waals surface area (Å²) in [4.78, 5) is 11.5. The SMILES string of the molecule is Cc1ccc(CNCC(=O)OC(C)(C)C)cc1Br. The smallest absolute Gasteiger partial charge is 0.320 e. The lowest BCUT2D eigenvalue weighted by Gasteiger charge is -2.19. The average Bonchev–Trinajstić information content (AvgIpc) is 2.20. The van der Waals surface area contributed by atoms with E-state index in [-0.39, 0.29) is 12.5 Å². The van der Waals surface area contributed by atoms with Crippen LogP contribution in [-0.2, 0) is 16.1 Å². The Morgan fingerprint density at radius 1 is 1.39 bits per heavy atom. The van der Waals surface area contributed by atoms with Crippen LogP contribution in [0.25, 0.3) is 0 Å². The molecule has 4 heteroatoms. The predicted molar refractivity (Wildman–Crippen MR) is 76.4 cm³/mol. The highest BCUT2D eigenvalue weighted by Gasteiger charge is 2.15. The molecule has 1 rings (SSSR count).